The molecular formula is C15H22N4O3. The van der Waals surface area contributed by atoms with Crippen molar-refractivity contribution in [2.75, 3.05) is 50.9 Å². The summed E-state index contributed by atoms with van der Waals surface area (Å²) >= 11 is 0. The zero-order chi connectivity index (χ0) is 15.4. The Labute approximate surface area is 129 Å². The van der Waals surface area contributed by atoms with E-state index in [1.165, 1.54) is 0 Å². The molecule has 2 aliphatic heterocycles. The minimum absolute atomic E-state index is 0.202. The summed E-state index contributed by atoms with van der Waals surface area (Å²) in [7, 11) is 0. The second kappa shape index (κ2) is 7.02. The van der Waals surface area contributed by atoms with E-state index in [9.17, 15) is 4.79 Å². The molecule has 1 aromatic rings. The predicted molar refractivity (Wildman–Crippen MR) is 80.7 cm³/mol. The number of hydrogen-bond donors (Lipinski definition) is 1. The Morgan fingerprint density at radius 1 is 1.32 bits per heavy atom. The van der Waals surface area contributed by atoms with Gasteiger partial charge in [-0.25, -0.2) is 9.97 Å². The van der Waals surface area contributed by atoms with Crippen molar-refractivity contribution in [2.24, 2.45) is 0 Å². The number of piperidine rings is 1. The van der Waals surface area contributed by atoms with E-state index in [4.69, 9.17) is 9.84 Å². The Hall–Kier alpha value is -1.73. The number of aromatic nitrogens is 2. The van der Waals surface area contributed by atoms with Gasteiger partial charge >= 0.3 is 0 Å². The Bertz CT molecular complexity index is 519. The maximum atomic E-state index is 11.7. The number of amides is 1. The molecule has 0 radical (unpaired) electrons. The molecule has 22 heavy (non-hydrogen) atoms. The van der Waals surface area contributed by atoms with Gasteiger partial charge in [0, 0.05) is 38.2 Å². The van der Waals surface area contributed by atoms with Crippen LogP contribution in [0.25, 0.3) is 0 Å². The van der Waals surface area contributed by atoms with Crippen molar-refractivity contribution < 1.29 is 14.6 Å². The summed E-state index contributed by atoms with van der Waals surface area (Å²) in [6.45, 7) is 4.06. The highest BCUT2D eigenvalue weighted by Gasteiger charge is 2.26. The summed E-state index contributed by atoms with van der Waals surface area (Å²) in [5.74, 6) is 0.943. The molecular weight excluding hydrogens is 284 g/mol. The minimum Gasteiger partial charge on any atom is -0.387 e. The third-order valence-corrected chi connectivity index (χ3v) is 4.34. The van der Waals surface area contributed by atoms with E-state index in [0.717, 1.165) is 57.2 Å². The van der Waals surface area contributed by atoms with Crippen LogP contribution in [-0.4, -0.2) is 71.9 Å². The van der Waals surface area contributed by atoms with Gasteiger partial charge in [-0.05, 0) is 12.8 Å². The number of carbonyl (C=O) groups excluding carboxylic acids is 1. The molecule has 2 fully saturated rings. The number of rotatable bonds is 3. The fourth-order valence-electron chi connectivity index (χ4n) is 3.10. The van der Waals surface area contributed by atoms with Crippen LogP contribution in [-0.2, 0) is 9.53 Å². The number of aliphatic hydroxyl groups excluding tert-OH is 1. The minimum atomic E-state index is -0.421. The molecule has 3 heterocycles. The molecule has 120 valence electrons. The lowest BCUT2D eigenvalue weighted by Gasteiger charge is -2.33. The van der Waals surface area contributed by atoms with Crippen LogP contribution in [0.3, 0.4) is 0 Å². The molecule has 7 heteroatoms. The predicted octanol–water partition coefficient (Wildman–Crippen LogP) is 0.0115. The molecule has 7 nitrogen and oxygen atoms in total. The lowest BCUT2D eigenvalue weighted by atomic mass is 9.94. The third kappa shape index (κ3) is 3.36. The molecule has 0 aliphatic carbocycles. The van der Waals surface area contributed by atoms with Crippen LogP contribution in [0.4, 0.5) is 5.82 Å². The molecule has 0 unspecified atom stereocenters. The molecule has 1 aromatic heterocycles. The second-order valence-electron chi connectivity index (χ2n) is 5.74. The van der Waals surface area contributed by atoms with Gasteiger partial charge in [0.2, 0.25) is 5.91 Å². The molecule has 1 atom stereocenters. The van der Waals surface area contributed by atoms with Crippen LogP contribution in [0.2, 0.25) is 0 Å². The first-order valence-electron chi connectivity index (χ1n) is 7.81. The molecule has 0 aromatic carbocycles. The summed E-state index contributed by atoms with van der Waals surface area (Å²) in [4.78, 5) is 24.4. The first kappa shape index (κ1) is 15.2. The summed E-state index contributed by atoms with van der Waals surface area (Å²) in [5, 5.41) is 9.02. The van der Waals surface area contributed by atoms with E-state index < -0.39 is 6.61 Å². The smallest absolute Gasteiger partial charge is 0.248 e. The van der Waals surface area contributed by atoms with Crippen molar-refractivity contribution in [1.82, 2.24) is 14.9 Å². The van der Waals surface area contributed by atoms with E-state index in [2.05, 4.69) is 14.9 Å². The lowest BCUT2D eigenvalue weighted by molar-refractivity contribution is -0.135. The quantitative estimate of drug-likeness (QED) is 0.847. The fraction of sp³-hybridized carbons (Fsp3) is 0.667. The van der Waals surface area contributed by atoms with Crippen LogP contribution in [0.1, 0.15) is 24.5 Å². The number of anilines is 1. The molecule has 0 bridgehead atoms. The first-order valence-corrected chi connectivity index (χ1v) is 7.81. The standard InChI is InChI=1S/C15H22N4O3/c20-10-15(21)19-3-1-2-12(9-19)13-8-14(17-11-16-13)18-4-6-22-7-5-18/h8,11-12,20H,1-7,9-10H2/t12-/m0/s1. The molecule has 0 saturated carbocycles. The van der Waals surface area contributed by atoms with Crippen molar-refractivity contribution in [3.8, 4) is 0 Å². The highest BCUT2D eigenvalue weighted by Crippen LogP contribution is 2.27. The van der Waals surface area contributed by atoms with Crippen molar-refractivity contribution >= 4 is 11.7 Å². The number of ether oxygens (including phenoxy) is 1. The number of aliphatic hydroxyl groups is 1. The van der Waals surface area contributed by atoms with Crippen LogP contribution >= 0.6 is 0 Å². The van der Waals surface area contributed by atoms with Crippen LogP contribution in [0, 0.1) is 0 Å². The van der Waals surface area contributed by atoms with Crippen molar-refractivity contribution in [1.29, 1.82) is 0 Å². The van der Waals surface area contributed by atoms with E-state index in [-0.39, 0.29) is 11.8 Å². The van der Waals surface area contributed by atoms with E-state index >= 15 is 0 Å². The van der Waals surface area contributed by atoms with Gasteiger partial charge in [-0.15, -0.1) is 0 Å². The Balaban J connectivity index is 1.72. The highest BCUT2D eigenvalue weighted by molar-refractivity contribution is 5.77. The molecule has 3 rings (SSSR count). The van der Waals surface area contributed by atoms with Crippen LogP contribution in [0.15, 0.2) is 12.4 Å². The van der Waals surface area contributed by atoms with Gasteiger partial charge in [-0.2, -0.15) is 0 Å². The first-order chi connectivity index (χ1) is 10.8. The zero-order valence-electron chi connectivity index (χ0n) is 12.6. The van der Waals surface area contributed by atoms with E-state index in [0.29, 0.717) is 6.54 Å². The molecule has 2 saturated heterocycles. The van der Waals surface area contributed by atoms with Gasteiger partial charge in [0.15, 0.2) is 0 Å². The van der Waals surface area contributed by atoms with Crippen molar-refractivity contribution in [3.05, 3.63) is 18.1 Å². The number of morpholine rings is 1. The van der Waals surface area contributed by atoms with Crippen molar-refractivity contribution in [3.63, 3.8) is 0 Å². The second-order valence-corrected chi connectivity index (χ2v) is 5.74. The van der Waals surface area contributed by atoms with Gasteiger partial charge in [0.1, 0.15) is 18.8 Å². The SMILES string of the molecule is O=C(CO)N1CCC[C@H](c2cc(N3CCOCC3)ncn2)C1. The number of hydrogen-bond acceptors (Lipinski definition) is 6. The summed E-state index contributed by atoms with van der Waals surface area (Å²) in [5.41, 5.74) is 0.979. The molecule has 2 aliphatic rings. The van der Waals surface area contributed by atoms with Crippen molar-refractivity contribution in [2.45, 2.75) is 18.8 Å². The van der Waals surface area contributed by atoms with E-state index in [1.54, 1.807) is 11.2 Å². The third-order valence-electron chi connectivity index (χ3n) is 4.34. The summed E-state index contributed by atoms with van der Waals surface area (Å²) in [6, 6.07) is 2.03. The number of carbonyl (C=O) groups is 1. The molecule has 1 N–H and O–H groups in total. The van der Waals surface area contributed by atoms with Crippen LogP contribution in [0.5, 0.6) is 0 Å². The Morgan fingerprint density at radius 2 is 2.14 bits per heavy atom. The lowest BCUT2D eigenvalue weighted by Crippen LogP contribution is -2.41. The average molecular weight is 306 g/mol. The van der Waals surface area contributed by atoms with Gasteiger partial charge < -0.3 is 19.6 Å². The highest BCUT2D eigenvalue weighted by atomic mass is 16.5. The number of nitrogens with zero attached hydrogens (tertiary/aromatic N) is 4. The number of likely N-dealkylation sites (tertiary alicyclic amines) is 1. The van der Waals surface area contributed by atoms with Gasteiger partial charge in [0.05, 0.1) is 18.9 Å². The molecule has 1 amide bonds. The largest absolute Gasteiger partial charge is 0.387 e. The average Bonchev–Trinajstić information content (AvgIpc) is 2.62. The van der Waals surface area contributed by atoms with Gasteiger partial charge in [0.25, 0.3) is 0 Å². The van der Waals surface area contributed by atoms with E-state index in [1.807, 2.05) is 6.07 Å². The topological polar surface area (TPSA) is 78.8 Å². The monoisotopic (exact) mass is 306 g/mol. The maximum absolute atomic E-state index is 11.7. The molecule has 0 spiro atoms. The maximum Gasteiger partial charge on any atom is 0.248 e. The summed E-state index contributed by atoms with van der Waals surface area (Å²) in [6.07, 6.45) is 3.55. The van der Waals surface area contributed by atoms with Gasteiger partial charge in [-0.3, -0.25) is 4.79 Å². The zero-order valence-corrected chi connectivity index (χ0v) is 12.6. The summed E-state index contributed by atoms with van der Waals surface area (Å²) < 4.78 is 5.37. The van der Waals surface area contributed by atoms with Gasteiger partial charge in [-0.1, -0.05) is 0 Å². The Morgan fingerprint density at radius 3 is 2.91 bits per heavy atom. The van der Waals surface area contributed by atoms with Crippen LogP contribution < -0.4 is 4.90 Å². The fourth-order valence-corrected chi connectivity index (χ4v) is 3.10. The normalized spacial score (nSPS) is 22.7. The Kier molecular flexibility index (Phi) is 4.84.